The molecule has 6 nitrogen and oxygen atoms in total. The molecule has 0 bridgehead atoms. The van der Waals surface area contributed by atoms with E-state index >= 15 is 0 Å². The standard InChI is InChI=1S/2C39H28N2.C35H26N2/c1-39(2)33-18-6-4-16-31(33)38-37(39)36(32-17-5-8-20-35(32)41-38)29-15-10-13-26(22-29)25-12-9-14-27(21-25)30-23-28-11-3-7-19-34(28)40-24-30;1-39(2)33-20-5-3-17-31(33)38-36(39)35(32-18-4-6-21-34(32)41-38)29-15-8-13-27(24-29)26-12-7-14-28(23-26)30-19-9-11-25-16-10-22-40-37(25)30;1-35(2)30-15-5-3-13-28(30)34-33(35)32(29-14-4-6-16-31(29)37-34)27-12-8-11-26(22-27)25-10-7-9-24(21-25)23-17-19-36-20-18-23/h2*3-24H,1-2H3;3-22H,1-2H3. The van der Waals surface area contributed by atoms with Crippen LogP contribution in [0.5, 0.6) is 0 Å². The topological polar surface area (TPSA) is 77.3 Å². The molecular weight excluding hydrogens is 1440 g/mol. The molecule has 0 fully saturated rings. The molecule has 6 heterocycles. The zero-order chi connectivity index (χ0) is 80.1. The number of rotatable bonds is 9. The van der Waals surface area contributed by atoms with E-state index in [2.05, 4.69) is 398 Å². The number of para-hydroxylation sites is 5. The Kier molecular flexibility index (Phi) is 17.5. The van der Waals surface area contributed by atoms with Crippen LogP contribution in [0.15, 0.2) is 389 Å². The van der Waals surface area contributed by atoms with E-state index in [0.29, 0.717) is 0 Å². The van der Waals surface area contributed by atoms with Crippen molar-refractivity contribution < 1.29 is 0 Å². The Morgan fingerprint density at radius 1 is 0.210 bits per heavy atom. The lowest BCUT2D eigenvalue weighted by molar-refractivity contribution is 0.661. The van der Waals surface area contributed by atoms with E-state index in [1.165, 1.54) is 150 Å². The van der Waals surface area contributed by atoms with Crippen LogP contribution in [0, 0.1) is 0 Å². The number of hydrogen-bond donors (Lipinski definition) is 0. The summed E-state index contributed by atoms with van der Waals surface area (Å²) >= 11 is 0. The maximum Gasteiger partial charge on any atom is 0.0780 e. The Labute approximate surface area is 693 Å². The summed E-state index contributed by atoms with van der Waals surface area (Å²) in [7, 11) is 0. The van der Waals surface area contributed by atoms with Crippen LogP contribution in [-0.4, -0.2) is 29.9 Å². The minimum atomic E-state index is -0.157. The number of hydrogen-bond acceptors (Lipinski definition) is 6. The normalized spacial score (nSPS) is 13.3. The summed E-state index contributed by atoms with van der Waals surface area (Å²) in [5, 5.41) is 5.89. The van der Waals surface area contributed by atoms with E-state index in [0.717, 1.165) is 72.1 Å². The van der Waals surface area contributed by atoms with Gasteiger partial charge in [-0.15, -0.1) is 0 Å². The van der Waals surface area contributed by atoms with Crippen molar-refractivity contribution in [3.05, 3.63) is 422 Å². The van der Waals surface area contributed by atoms with Crippen molar-refractivity contribution in [3.63, 3.8) is 0 Å². The lowest BCUT2D eigenvalue weighted by atomic mass is 9.78. The first-order chi connectivity index (χ1) is 58.3. The smallest absolute Gasteiger partial charge is 0.0780 e. The van der Waals surface area contributed by atoms with Crippen LogP contribution in [0.25, 0.3) is 188 Å². The van der Waals surface area contributed by atoms with Crippen LogP contribution in [0.1, 0.15) is 74.9 Å². The van der Waals surface area contributed by atoms with Gasteiger partial charge in [0.1, 0.15) is 0 Å². The molecule has 0 unspecified atom stereocenters. The third kappa shape index (κ3) is 12.4. The maximum atomic E-state index is 5.22. The van der Waals surface area contributed by atoms with Crippen molar-refractivity contribution in [1.29, 1.82) is 0 Å². The van der Waals surface area contributed by atoms with E-state index in [-0.39, 0.29) is 16.2 Å². The fourth-order valence-electron chi connectivity index (χ4n) is 19.3. The molecule has 0 amide bonds. The summed E-state index contributed by atoms with van der Waals surface area (Å²) in [6.07, 6.45) is 7.54. The molecule has 14 aromatic carbocycles. The van der Waals surface area contributed by atoms with Gasteiger partial charge in [0.15, 0.2) is 0 Å². The minimum absolute atomic E-state index is 0.143. The van der Waals surface area contributed by atoms with Crippen LogP contribution in [0.3, 0.4) is 0 Å². The van der Waals surface area contributed by atoms with Crippen molar-refractivity contribution in [2.45, 2.75) is 57.8 Å². The van der Waals surface area contributed by atoms with Crippen molar-refractivity contribution in [1.82, 2.24) is 29.9 Å². The molecule has 3 aliphatic carbocycles. The molecule has 23 rings (SSSR count). The fourth-order valence-corrected chi connectivity index (χ4v) is 19.3. The molecule has 6 aromatic heterocycles. The van der Waals surface area contributed by atoms with Crippen molar-refractivity contribution in [2.24, 2.45) is 0 Å². The van der Waals surface area contributed by atoms with Crippen molar-refractivity contribution in [2.75, 3.05) is 0 Å². The highest BCUT2D eigenvalue weighted by molar-refractivity contribution is 6.07. The van der Waals surface area contributed by atoms with Gasteiger partial charge < -0.3 is 0 Å². The molecule has 20 aromatic rings. The van der Waals surface area contributed by atoms with Crippen LogP contribution in [0.2, 0.25) is 0 Å². The van der Waals surface area contributed by atoms with Gasteiger partial charge in [0.2, 0.25) is 0 Å². The lowest BCUT2D eigenvalue weighted by Gasteiger charge is -2.25. The summed E-state index contributed by atoms with van der Waals surface area (Å²) in [6, 6.07) is 130. The highest BCUT2D eigenvalue weighted by Crippen LogP contribution is 2.57. The summed E-state index contributed by atoms with van der Waals surface area (Å²) in [4.78, 5) is 29.2. The first-order valence-corrected chi connectivity index (χ1v) is 41.1. The molecule has 0 aliphatic heterocycles. The third-order valence-corrected chi connectivity index (χ3v) is 25.0. The van der Waals surface area contributed by atoms with E-state index < -0.39 is 0 Å². The zero-order valence-electron chi connectivity index (χ0n) is 67.1. The van der Waals surface area contributed by atoms with E-state index in [1.807, 2.05) is 36.9 Å². The summed E-state index contributed by atoms with van der Waals surface area (Å²) in [5.41, 5.74) is 41.4. The molecule has 3 aliphatic rings. The van der Waals surface area contributed by atoms with E-state index in [9.17, 15) is 0 Å². The second-order valence-corrected chi connectivity index (χ2v) is 33.2. The largest absolute Gasteiger partial charge is 0.265 e. The predicted molar refractivity (Wildman–Crippen MR) is 495 cm³/mol. The van der Waals surface area contributed by atoms with E-state index in [4.69, 9.17) is 24.9 Å². The van der Waals surface area contributed by atoms with Gasteiger partial charge in [0, 0.05) is 95.8 Å². The molecule has 6 heteroatoms. The maximum absolute atomic E-state index is 5.22. The predicted octanol–water partition coefficient (Wildman–Crippen LogP) is 29.1. The summed E-state index contributed by atoms with van der Waals surface area (Å²) in [6.45, 7) is 14.0. The van der Waals surface area contributed by atoms with E-state index in [1.54, 1.807) is 0 Å². The number of pyridine rings is 6. The van der Waals surface area contributed by atoms with Crippen molar-refractivity contribution >= 4 is 54.5 Å². The van der Waals surface area contributed by atoms with Crippen LogP contribution in [-0.2, 0) is 16.2 Å². The highest BCUT2D eigenvalue weighted by atomic mass is 14.8. The molecule has 0 N–H and O–H groups in total. The Hall–Kier alpha value is -14.7. The van der Waals surface area contributed by atoms with Gasteiger partial charge in [-0.25, -0.2) is 15.0 Å². The SMILES string of the molecule is CC1(C)c2ccccc2-c2nc3ccccc3c(-c3cccc(-c4cccc(-c5cccc6cccnc56)c4)c3)c21.CC1(C)c2ccccc2-c2nc3ccccc3c(-c3cccc(-c4cccc(-c5ccncc5)c4)c3)c21.CC1(C)c2ccccc2-c2nc3ccccc3c(-c3cccc(-c4cccc(-c5cnc6ccccc6c5)c4)c3)c21. The Bertz CT molecular complexity index is 7460. The van der Waals surface area contributed by atoms with Gasteiger partial charge >= 0.3 is 0 Å². The average Bonchev–Trinajstić information content (AvgIpc) is 1.59. The van der Waals surface area contributed by atoms with Gasteiger partial charge in [-0.05, 0) is 207 Å². The van der Waals surface area contributed by atoms with Crippen molar-refractivity contribution in [3.8, 4) is 134 Å². The number of aromatic nitrogens is 6. The second-order valence-electron chi connectivity index (χ2n) is 33.2. The monoisotopic (exact) mass is 1520 g/mol. The first-order valence-electron chi connectivity index (χ1n) is 41.1. The molecule has 0 atom stereocenters. The molecule has 0 radical (unpaired) electrons. The molecule has 0 saturated carbocycles. The number of benzene rings is 14. The van der Waals surface area contributed by atoms with Gasteiger partial charge in [-0.2, -0.15) is 0 Å². The van der Waals surface area contributed by atoms with Crippen LogP contribution >= 0.6 is 0 Å². The van der Waals surface area contributed by atoms with Gasteiger partial charge in [0.05, 0.1) is 44.7 Å². The Morgan fingerprint density at radius 3 is 0.958 bits per heavy atom. The Morgan fingerprint density at radius 2 is 0.521 bits per heavy atom. The number of fused-ring (bicyclic) bond motifs is 14. The first kappa shape index (κ1) is 72.0. The minimum Gasteiger partial charge on any atom is -0.265 e. The molecule has 0 saturated heterocycles. The molecular formula is C113H82N6. The molecule has 564 valence electrons. The average molecular weight is 1520 g/mol. The van der Waals surface area contributed by atoms with Gasteiger partial charge in [-0.3, -0.25) is 15.0 Å². The summed E-state index contributed by atoms with van der Waals surface area (Å²) in [5.74, 6) is 0. The number of nitrogens with zero attached hydrogens (tertiary/aromatic N) is 6. The van der Waals surface area contributed by atoms with Gasteiger partial charge in [0.25, 0.3) is 0 Å². The van der Waals surface area contributed by atoms with Crippen LogP contribution in [0.4, 0.5) is 0 Å². The highest BCUT2D eigenvalue weighted by Gasteiger charge is 2.43. The Balaban J connectivity index is 0.000000111. The van der Waals surface area contributed by atoms with Gasteiger partial charge in [-0.1, -0.05) is 321 Å². The molecule has 119 heavy (non-hydrogen) atoms. The van der Waals surface area contributed by atoms with Crippen LogP contribution < -0.4 is 0 Å². The molecule has 0 spiro atoms. The fraction of sp³-hybridized carbons (Fsp3) is 0.0796. The lowest BCUT2D eigenvalue weighted by Crippen LogP contribution is -2.16. The zero-order valence-corrected chi connectivity index (χ0v) is 67.1. The second kappa shape index (κ2) is 28.9. The summed E-state index contributed by atoms with van der Waals surface area (Å²) < 4.78 is 0. The third-order valence-electron chi connectivity index (χ3n) is 25.0. The quantitative estimate of drug-likeness (QED) is 0.143.